The Kier molecular flexibility index (Phi) is 6.24. The van der Waals surface area contributed by atoms with E-state index in [1.54, 1.807) is 51.1 Å². The number of hydrogen-bond acceptors (Lipinski definition) is 3. The Hall–Kier alpha value is -2.14. The quantitative estimate of drug-likeness (QED) is 0.731. The van der Waals surface area contributed by atoms with Gasteiger partial charge in [-0.1, -0.05) is 64.4 Å². The fraction of sp³-hybridized carbons (Fsp3) is 0.381. The Bertz CT molecular complexity index is 835. The van der Waals surface area contributed by atoms with E-state index in [-0.39, 0.29) is 4.90 Å². The highest BCUT2D eigenvalue weighted by atomic mass is 32.2. The van der Waals surface area contributed by atoms with E-state index in [9.17, 15) is 13.2 Å². The number of rotatable bonds is 6. The Labute approximate surface area is 156 Å². The van der Waals surface area contributed by atoms with Crippen molar-refractivity contribution in [3.05, 3.63) is 60.2 Å². The zero-order chi connectivity index (χ0) is 19.4. The van der Waals surface area contributed by atoms with Crippen LogP contribution in [0.2, 0.25) is 0 Å². The number of hydrogen-bond donors (Lipinski definition) is 0. The maximum atomic E-state index is 13.2. The van der Waals surface area contributed by atoms with Gasteiger partial charge in [-0.05, 0) is 42.7 Å². The van der Waals surface area contributed by atoms with Crippen LogP contribution in [0.1, 0.15) is 46.1 Å². The van der Waals surface area contributed by atoms with Crippen LogP contribution < -0.4 is 4.31 Å². The van der Waals surface area contributed by atoms with E-state index in [0.29, 0.717) is 5.69 Å². The molecule has 0 unspecified atom stereocenters. The van der Waals surface area contributed by atoms with E-state index in [1.165, 1.54) is 12.1 Å². The highest BCUT2D eigenvalue weighted by Crippen LogP contribution is 2.30. The molecular formula is C21H27NO3S. The summed E-state index contributed by atoms with van der Waals surface area (Å²) in [5, 5.41) is 0. The first kappa shape index (κ1) is 20.2. The molecule has 0 spiro atoms. The summed E-state index contributed by atoms with van der Waals surface area (Å²) < 4.78 is 27.3. The van der Waals surface area contributed by atoms with Crippen LogP contribution >= 0.6 is 0 Å². The molecule has 1 amide bonds. The van der Waals surface area contributed by atoms with Crippen LogP contribution in [-0.4, -0.2) is 14.3 Å². The first-order chi connectivity index (χ1) is 12.2. The lowest BCUT2D eigenvalue weighted by atomic mass is 9.95. The number of carbonyl (C=O) groups is 1. The molecule has 0 aliphatic carbocycles. The highest BCUT2D eigenvalue weighted by Gasteiger charge is 2.37. The number of sulfonamides is 1. The standard InChI is InChI=1S/C21H27NO3S/c1-5-6-10-17-13-15-18(16-14-17)22(20(23)21(2,3)4)26(24,25)19-11-8-7-9-12-19/h7-9,11-16H,5-6,10H2,1-4H3. The molecule has 2 aromatic carbocycles. The van der Waals surface area contributed by atoms with Gasteiger partial charge in [0, 0.05) is 5.41 Å². The number of benzene rings is 2. The number of unbranched alkanes of at least 4 members (excludes halogenated alkanes) is 1. The summed E-state index contributed by atoms with van der Waals surface area (Å²) in [5.74, 6) is -0.456. The Morgan fingerprint density at radius 2 is 1.54 bits per heavy atom. The molecule has 0 atom stereocenters. The molecule has 4 nitrogen and oxygen atoms in total. The molecule has 5 heteroatoms. The van der Waals surface area contributed by atoms with Crippen LogP contribution in [0.25, 0.3) is 0 Å². The van der Waals surface area contributed by atoms with Gasteiger partial charge in [-0.3, -0.25) is 4.79 Å². The minimum Gasteiger partial charge on any atom is -0.273 e. The summed E-state index contributed by atoms with van der Waals surface area (Å²) in [6.07, 6.45) is 3.11. The summed E-state index contributed by atoms with van der Waals surface area (Å²) in [6.45, 7) is 7.29. The van der Waals surface area contributed by atoms with Gasteiger partial charge in [0.2, 0.25) is 5.91 Å². The van der Waals surface area contributed by atoms with Crippen molar-refractivity contribution in [3.63, 3.8) is 0 Å². The van der Waals surface area contributed by atoms with Crippen molar-refractivity contribution < 1.29 is 13.2 Å². The van der Waals surface area contributed by atoms with Crippen molar-refractivity contribution in [2.24, 2.45) is 5.41 Å². The largest absolute Gasteiger partial charge is 0.273 e. The number of amides is 1. The third-order valence-corrected chi connectivity index (χ3v) is 5.82. The fourth-order valence-corrected chi connectivity index (χ4v) is 4.15. The molecule has 2 aromatic rings. The summed E-state index contributed by atoms with van der Waals surface area (Å²) >= 11 is 0. The summed E-state index contributed by atoms with van der Waals surface area (Å²) in [6, 6.07) is 15.3. The van der Waals surface area contributed by atoms with Crippen LogP contribution in [0.5, 0.6) is 0 Å². The summed E-state index contributed by atoms with van der Waals surface area (Å²) in [5.41, 5.74) is 0.674. The number of nitrogens with zero attached hydrogens (tertiary/aromatic N) is 1. The molecule has 26 heavy (non-hydrogen) atoms. The molecule has 0 N–H and O–H groups in total. The Morgan fingerprint density at radius 3 is 2.04 bits per heavy atom. The van der Waals surface area contributed by atoms with Crippen molar-refractivity contribution in [3.8, 4) is 0 Å². The van der Waals surface area contributed by atoms with Crippen LogP contribution in [-0.2, 0) is 21.2 Å². The average molecular weight is 374 g/mol. The summed E-state index contributed by atoms with van der Waals surface area (Å²) in [4.78, 5) is 13.1. The molecule has 0 aliphatic heterocycles. The third-order valence-electron chi connectivity index (χ3n) is 4.10. The SMILES string of the molecule is CCCCc1ccc(N(C(=O)C(C)(C)C)S(=O)(=O)c2ccccc2)cc1. The highest BCUT2D eigenvalue weighted by molar-refractivity contribution is 7.93. The second-order valence-electron chi connectivity index (χ2n) is 7.41. The number of anilines is 1. The zero-order valence-corrected chi connectivity index (χ0v) is 16.7. The first-order valence-electron chi connectivity index (χ1n) is 8.91. The van der Waals surface area contributed by atoms with E-state index < -0.39 is 21.3 Å². The number of carbonyl (C=O) groups excluding carboxylic acids is 1. The molecule has 140 valence electrons. The van der Waals surface area contributed by atoms with E-state index in [4.69, 9.17) is 0 Å². The van der Waals surface area contributed by atoms with Crippen molar-refractivity contribution in [1.82, 2.24) is 0 Å². The molecular weight excluding hydrogens is 346 g/mol. The van der Waals surface area contributed by atoms with Gasteiger partial charge in [-0.15, -0.1) is 0 Å². The van der Waals surface area contributed by atoms with Gasteiger partial charge in [-0.2, -0.15) is 0 Å². The molecule has 0 bridgehead atoms. The molecule has 0 aliphatic rings. The molecule has 0 fully saturated rings. The lowest BCUT2D eigenvalue weighted by Crippen LogP contribution is -2.43. The maximum Gasteiger partial charge on any atom is 0.270 e. The first-order valence-corrected chi connectivity index (χ1v) is 10.4. The van der Waals surface area contributed by atoms with Crippen LogP contribution in [0.3, 0.4) is 0 Å². The van der Waals surface area contributed by atoms with Crippen molar-refractivity contribution in [2.45, 2.75) is 51.9 Å². The van der Waals surface area contributed by atoms with Crippen molar-refractivity contribution in [1.29, 1.82) is 0 Å². The maximum absolute atomic E-state index is 13.2. The van der Waals surface area contributed by atoms with Crippen molar-refractivity contribution in [2.75, 3.05) is 4.31 Å². The van der Waals surface area contributed by atoms with Gasteiger partial charge >= 0.3 is 0 Å². The minimum absolute atomic E-state index is 0.104. The third kappa shape index (κ3) is 4.52. The lowest BCUT2D eigenvalue weighted by Gasteiger charge is -2.29. The van der Waals surface area contributed by atoms with Crippen molar-refractivity contribution >= 4 is 21.6 Å². The minimum atomic E-state index is -3.98. The van der Waals surface area contributed by atoms with Crippen LogP contribution in [0.15, 0.2) is 59.5 Å². The Morgan fingerprint density at radius 1 is 0.962 bits per heavy atom. The zero-order valence-electron chi connectivity index (χ0n) is 15.9. The number of aryl methyl sites for hydroxylation is 1. The van der Waals surface area contributed by atoms with Gasteiger partial charge in [0.1, 0.15) is 0 Å². The van der Waals surface area contributed by atoms with Crippen LogP contribution in [0, 0.1) is 5.41 Å². The van der Waals surface area contributed by atoms with Gasteiger partial charge in [0.15, 0.2) is 0 Å². The van der Waals surface area contributed by atoms with Gasteiger partial charge in [0.25, 0.3) is 10.0 Å². The second kappa shape index (κ2) is 8.04. The molecule has 0 heterocycles. The monoisotopic (exact) mass is 373 g/mol. The predicted octanol–water partition coefficient (Wildman–Crippen LogP) is 4.80. The van der Waals surface area contributed by atoms with E-state index in [1.807, 2.05) is 12.1 Å². The van der Waals surface area contributed by atoms with E-state index >= 15 is 0 Å². The normalized spacial score (nSPS) is 12.0. The molecule has 0 saturated heterocycles. The molecule has 0 radical (unpaired) electrons. The van der Waals surface area contributed by atoms with Gasteiger partial charge < -0.3 is 0 Å². The van der Waals surface area contributed by atoms with Gasteiger partial charge in [-0.25, -0.2) is 12.7 Å². The second-order valence-corrected chi connectivity index (χ2v) is 9.19. The summed E-state index contributed by atoms with van der Waals surface area (Å²) in [7, 11) is -3.98. The molecule has 0 aromatic heterocycles. The smallest absolute Gasteiger partial charge is 0.270 e. The lowest BCUT2D eigenvalue weighted by molar-refractivity contribution is -0.124. The Balaban J connectivity index is 2.50. The van der Waals surface area contributed by atoms with Crippen LogP contribution in [0.4, 0.5) is 5.69 Å². The van der Waals surface area contributed by atoms with Gasteiger partial charge in [0.05, 0.1) is 10.6 Å². The molecule has 0 saturated carbocycles. The fourth-order valence-electron chi connectivity index (χ4n) is 2.55. The predicted molar refractivity (Wildman–Crippen MR) is 106 cm³/mol. The topological polar surface area (TPSA) is 54.5 Å². The van der Waals surface area contributed by atoms with E-state index in [2.05, 4.69) is 6.92 Å². The van der Waals surface area contributed by atoms with E-state index in [0.717, 1.165) is 29.1 Å². The average Bonchev–Trinajstić information content (AvgIpc) is 2.61. The molecule has 2 rings (SSSR count).